The molecule has 0 saturated carbocycles. The third-order valence-electron chi connectivity index (χ3n) is 2.43. The van der Waals surface area contributed by atoms with Gasteiger partial charge in [0, 0.05) is 6.07 Å². The summed E-state index contributed by atoms with van der Waals surface area (Å²) >= 11 is 0. The van der Waals surface area contributed by atoms with Crippen LogP contribution in [-0.2, 0) is 0 Å². The van der Waals surface area contributed by atoms with Crippen molar-refractivity contribution >= 4 is 22.9 Å². The largest absolute Gasteiger partial charge is 0.397 e. The van der Waals surface area contributed by atoms with E-state index in [1.165, 1.54) is 18.3 Å². The van der Waals surface area contributed by atoms with Crippen molar-refractivity contribution in [1.82, 2.24) is 4.98 Å². The standard InChI is InChI=1S/C12H12N4O2/c1-8-2-4-11(10(13)6-8)15-12-5-3-9(7-14-12)16(17)18/h2-7H,13H2,1H3,(H,14,15). The Morgan fingerprint density at radius 3 is 2.67 bits per heavy atom. The zero-order chi connectivity index (χ0) is 13.1. The predicted octanol–water partition coefficient (Wildman–Crippen LogP) is 2.62. The lowest BCUT2D eigenvalue weighted by Crippen LogP contribution is -1.98. The van der Waals surface area contributed by atoms with E-state index in [1.54, 1.807) is 0 Å². The summed E-state index contributed by atoms with van der Waals surface area (Å²) in [5.41, 5.74) is 8.20. The molecule has 0 unspecified atom stereocenters. The van der Waals surface area contributed by atoms with Crippen LogP contribution in [-0.4, -0.2) is 9.91 Å². The van der Waals surface area contributed by atoms with E-state index in [0.29, 0.717) is 11.5 Å². The van der Waals surface area contributed by atoms with E-state index in [2.05, 4.69) is 10.3 Å². The summed E-state index contributed by atoms with van der Waals surface area (Å²) in [4.78, 5) is 13.9. The minimum absolute atomic E-state index is 0.0440. The average molecular weight is 244 g/mol. The van der Waals surface area contributed by atoms with E-state index in [0.717, 1.165) is 11.3 Å². The summed E-state index contributed by atoms with van der Waals surface area (Å²) in [6.45, 7) is 1.95. The molecule has 0 spiro atoms. The van der Waals surface area contributed by atoms with Crippen LogP contribution in [0.15, 0.2) is 36.5 Å². The van der Waals surface area contributed by atoms with Crippen LogP contribution in [0.3, 0.4) is 0 Å². The van der Waals surface area contributed by atoms with E-state index in [-0.39, 0.29) is 5.69 Å². The van der Waals surface area contributed by atoms with Crippen molar-refractivity contribution in [3.05, 3.63) is 52.2 Å². The molecule has 1 heterocycles. The third-order valence-corrected chi connectivity index (χ3v) is 2.43. The minimum atomic E-state index is -0.489. The Morgan fingerprint density at radius 2 is 2.11 bits per heavy atom. The van der Waals surface area contributed by atoms with E-state index in [4.69, 9.17) is 5.73 Å². The van der Waals surface area contributed by atoms with Gasteiger partial charge < -0.3 is 11.1 Å². The van der Waals surface area contributed by atoms with Crippen molar-refractivity contribution in [3.63, 3.8) is 0 Å². The van der Waals surface area contributed by atoms with Crippen molar-refractivity contribution in [3.8, 4) is 0 Å². The number of nitro groups is 1. The molecule has 6 heteroatoms. The molecule has 2 rings (SSSR count). The number of benzene rings is 1. The molecule has 92 valence electrons. The monoisotopic (exact) mass is 244 g/mol. The highest BCUT2D eigenvalue weighted by Crippen LogP contribution is 2.23. The Labute approximate surface area is 104 Å². The van der Waals surface area contributed by atoms with Gasteiger partial charge in [-0.3, -0.25) is 10.1 Å². The number of hydrogen-bond acceptors (Lipinski definition) is 5. The van der Waals surface area contributed by atoms with Crippen LogP contribution < -0.4 is 11.1 Å². The smallest absolute Gasteiger partial charge is 0.287 e. The number of nitrogens with two attached hydrogens (primary N) is 1. The van der Waals surface area contributed by atoms with Gasteiger partial charge in [0.25, 0.3) is 5.69 Å². The second kappa shape index (κ2) is 4.70. The third kappa shape index (κ3) is 2.54. The van der Waals surface area contributed by atoms with Crippen LogP contribution in [0, 0.1) is 17.0 Å². The molecule has 0 atom stereocenters. The molecule has 0 saturated heterocycles. The highest BCUT2D eigenvalue weighted by molar-refractivity contribution is 5.71. The van der Waals surface area contributed by atoms with Crippen LogP contribution in [0.1, 0.15) is 5.56 Å². The second-order valence-electron chi connectivity index (χ2n) is 3.87. The molecule has 0 fully saturated rings. The minimum Gasteiger partial charge on any atom is -0.397 e. The molecular weight excluding hydrogens is 232 g/mol. The van der Waals surface area contributed by atoms with Gasteiger partial charge in [-0.05, 0) is 30.7 Å². The Hall–Kier alpha value is -2.63. The molecule has 6 nitrogen and oxygen atoms in total. The van der Waals surface area contributed by atoms with Crippen LogP contribution in [0.5, 0.6) is 0 Å². The van der Waals surface area contributed by atoms with Crippen molar-refractivity contribution in [2.24, 2.45) is 0 Å². The number of nitrogen functional groups attached to an aromatic ring is 1. The fraction of sp³-hybridized carbons (Fsp3) is 0.0833. The number of anilines is 3. The number of nitrogens with one attached hydrogen (secondary N) is 1. The first-order valence-electron chi connectivity index (χ1n) is 5.30. The Balaban J connectivity index is 2.21. The number of hydrogen-bond donors (Lipinski definition) is 2. The summed E-state index contributed by atoms with van der Waals surface area (Å²) in [5.74, 6) is 0.510. The molecule has 1 aromatic heterocycles. The lowest BCUT2D eigenvalue weighted by atomic mass is 10.2. The topological polar surface area (TPSA) is 94.1 Å². The molecular formula is C12H12N4O2. The molecule has 2 aromatic rings. The van der Waals surface area contributed by atoms with Gasteiger partial charge in [0.05, 0.1) is 16.3 Å². The van der Waals surface area contributed by atoms with Gasteiger partial charge in [0.1, 0.15) is 12.0 Å². The van der Waals surface area contributed by atoms with Crippen molar-refractivity contribution in [2.75, 3.05) is 11.1 Å². The molecule has 1 aromatic carbocycles. The van der Waals surface area contributed by atoms with Crippen LogP contribution >= 0.6 is 0 Å². The van der Waals surface area contributed by atoms with Gasteiger partial charge in [0.15, 0.2) is 0 Å². The maximum atomic E-state index is 10.5. The van der Waals surface area contributed by atoms with Crippen LogP contribution in [0.2, 0.25) is 0 Å². The first-order chi connectivity index (χ1) is 8.56. The molecule has 3 N–H and O–H groups in total. The average Bonchev–Trinajstić information content (AvgIpc) is 2.33. The first-order valence-corrected chi connectivity index (χ1v) is 5.30. The zero-order valence-electron chi connectivity index (χ0n) is 9.75. The summed E-state index contributed by atoms with van der Waals surface area (Å²) in [6.07, 6.45) is 1.20. The van der Waals surface area contributed by atoms with Crippen molar-refractivity contribution < 1.29 is 4.92 Å². The molecule has 0 radical (unpaired) electrons. The quantitative estimate of drug-likeness (QED) is 0.491. The number of nitrogens with zero attached hydrogens (tertiary/aromatic N) is 2. The lowest BCUT2D eigenvalue weighted by Gasteiger charge is -2.08. The lowest BCUT2D eigenvalue weighted by molar-refractivity contribution is -0.385. The zero-order valence-corrected chi connectivity index (χ0v) is 9.75. The van der Waals surface area contributed by atoms with Crippen LogP contribution in [0.25, 0.3) is 0 Å². The highest BCUT2D eigenvalue weighted by atomic mass is 16.6. The Morgan fingerprint density at radius 1 is 1.33 bits per heavy atom. The molecule has 0 aliphatic carbocycles. The summed E-state index contributed by atoms with van der Waals surface area (Å²) < 4.78 is 0. The number of pyridine rings is 1. The van der Waals surface area contributed by atoms with E-state index >= 15 is 0 Å². The number of aromatic nitrogens is 1. The van der Waals surface area contributed by atoms with Crippen molar-refractivity contribution in [1.29, 1.82) is 0 Å². The molecule has 0 amide bonds. The second-order valence-corrected chi connectivity index (χ2v) is 3.87. The maximum Gasteiger partial charge on any atom is 0.287 e. The van der Waals surface area contributed by atoms with Gasteiger partial charge in [-0.15, -0.1) is 0 Å². The van der Waals surface area contributed by atoms with Gasteiger partial charge in [0.2, 0.25) is 0 Å². The summed E-state index contributed by atoms with van der Waals surface area (Å²) in [5, 5.41) is 13.5. The van der Waals surface area contributed by atoms with Gasteiger partial charge in [-0.25, -0.2) is 4.98 Å². The van der Waals surface area contributed by atoms with Gasteiger partial charge in [-0.2, -0.15) is 0 Å². The van der Waals surface area contributed by atoms with Crippen LogP contribution in [0.4, 0.5) is 22.9 Å². The van der Waals surface area contributed by atoms with Gasteiger partial charge >= 0.3 is 0 Å². The fourth-order valence-electron chi connectivity index (χ4n) is 1.50. The van der Waals surface area contributed by atoms with E-state index in [1.807, 2.05) is 25.1 Å². The molecule has 0 aliphatic rings. The fourth-order valence-corrected chi connectivity index (χ4v) is 1.50. The molecule has 18 heavy (non-hydrogen) atoms. The molecule has 0 bridgehead atoms. The summed E-state index contributed by atoms with van der Waals surface area (Å²) in [6, 6.07) is 8.53. The predicted molar refractivity (Wildman–Crippen MR) is 69.8 cm³/mol. The normalized spacial score (nSPS) is 10.1. The van der Waals surface area contributed by atoms with E-state index < -0.39 is 4.92 Å². The summed E-state index contributed by atoms with van der Waals surface area (Å²) in [7, 11) is 0. The highest BCUT2D eigenvalue weighted by Gasteiger charge is 2.06. The maximum absolute atomic E-state index is 10.5. The van der Waals surface area contributed by atoms with Crippen molar-refractivity contribution in [2.45, 2.75) is 6.92 Å². The molecule has 0 aliphatic heterocycles. The Kier molecular flexibility index (Phi) is 3.09. The van der Waals surface area contributed by atoms with Gasteiger partial charge in [-0.1, -0.05) is 6.07 Å². The van der Waals surface area contributed by atoms with E-state index in [9.17, 15) is 10.1 Å². The Bertz CT molecular complexity index is 581. The SMILES string of the molecule is Cc1ccc(Nc2ccc([N+](=O)[O-])cn2)c(N)c1. The number of aryl methyl sites for hydroxylation is 1. The first kappa shape index (κ1) is 11.8. The number of rotatable bonds is 3.